The van der Waals surface area contributed by atoms with E-state index in [0.29, 0.717) is 0 Å². The summed E-state index contributed by atoms with van der Waals surface area (Å²) >= 11 is 0. The van der Waals surface area contributed by atoms with E-state index in [4.69, 9.17) is 0 Å². The van der Waals surface area contributed by atoms with Crippen molar-refractivity contribution in [2.45, 2.75) is 58.3 Å². The molecule has 14 heavy (non-hydrogen) atoms. The zero-order valence-electron chi connectivity index (χ0n) is 9.26. The average molecular weight is 204 g/mol. The molecule has 0 heterocycles. The Bertz CT molecular complexity index is 119. The monoisotopic (exact) mass is 204 g/mol. The molecular formula is C10H24N2O2. The lowest BCUT2D eigenvalue weighted by Gasteiger charge is -2.01. The number of carboxylic acids is 1. The Balaban J connectivity index is 0. The minimum absolute atomic E-state index is 0.230. The maximum atomic E-state index is 10.0. The minimum Gasteiger partial charge on any atom is -0.550 e. The van der Waals surface area contributed by atoms with Crippen molar-refractivity contribution in [1.29, 1.82) is 0 Å². The number of rotatable bonds is 8. The molecule has 86 valence electrons. The van der Waals surface area contributed by atoms with Crippen molar-refractivity contribution in [3.05, 3.63) is 0 Å². The summed E-state index contributed by atoms with van der Waals surface area (Å²) in [6.07, 6.45) is 8.34. The first-order chi connectivity index (χ1) is 6.77. The molecular weight excluding hydrogens is 180 g/mol. The van der Waals surface area contributed by atoms with Crippen molar-refractivity contribution in [3.8, 4) is 0 Å². The molecule has 5 N–H and O–H groups in total. The lowest BCUT2D eigenvalue weighted by molar-refractivity contribution is -0.379. The van der Waals surface area contributed by atoms with Gasteiger partial charge in [-0.25, -0.2) is 0 Å². The molecule has 0 rings (SSSR count). The first kappa shape index (κ1) is 15.8. The van der Waals surface area contributed by atoms with Gasteiger partial charge in [-0.3, -0.25) is 5.84 Å². The maximum absolute atomic E-state index is 10.0. The third-order valence-electron chi connectivity index (χ3n) is 1.98. The lowest BCUT2D eigenvalue weighted by Crippen LogP contribution is -2.59. The van der Waals surface area contributed by atoms with Gasteiger partial charge in [0.15, 0.2) is 0 Å². The highest BCUT2D eigenvalue weighted by atomic mass is 16.4. The van der Waals surface area contributed by atoms with Crippen LogP contribution in [0.3, 0.4) is 0 Å². The summed E-state index contributed by atoms with van der Waals surface area (Å²) in [5, 5.41) is 10.0. The van der Waals surface area contributed by atoms with Gasteiger partial charge in [0.05, 0.1) is 0 Å². The molecule has 0 aliphatic heterocycles. The summed E-state index contributed by atoms with van der Waals surface area (Å²) in [6, 6.07) is 0. The normalized spacial score (nSPS) is 9.07. The Morgan fingerprint density at radius 2 is 1.50 bits per heavy atom. The number of aliphatic carboxylic acids is 1. The minimum atomic E-state index is -0.913. The van der Waals surface area contributed by atoms with Crippen LogP contribution in [0.4, 0.5) is 0 Å². The van der Waals surface area contributed by atoms with Gasteiger partial charge in [-0.1, -0.05) is 45.4 Å². The Morgan fingerprint density at radius 3 is 1.93 bits per heavy atom. The van der Waals surface area contributed by atoms with E-state index in [9.17, 15) is 9.90 Å². The van der Waals surface area contributed by atoms with Crippen molar-refractivity contribution in [2.24, 2.45) is 5.84 Å². The fourth-order valence-electron chi connectivity index (χ4n) is 1.23. The van der Waals surface area contributed by atoms with E-state index < -0.39 is 5.97 Å². The standard InChI is InChI=1S/C10H20O2.H4N2/c1-2-3-4-5-6-7-8-9-10(11)12;1-2/h2-9H2,1H3,(H,11,12);1-2H2. The molecule has 0 atom stereocenters. The van der Waals surface area contributed by atoms with Crippen LogP contribution in [-0.2, 0) is 4.79 Å². The van der Waals surface area contributed by atoms with Gasteiger partial charge in [-0.05, 0) is 12.8 Å². The Morgan fingerprint density at radius 1 is 1.07 bits per heavy atom. The molecule has 0 aliphatic rings. The molecule has 0 saturated carbocycles. The second-order valence-electron chi connectivity index (χ2n) is 3.24. The predicted octanol–water partition coefficient (Wildman–Crippen LogP) is -0.0210. The number of nitrogens with two attached hydrogens (primary N) is 1. The predicted molar refractivity (Wildman–Crippen MR) is 54.7 cm³/mol. The second kappa shape index (κ2) is 14.9. The van der Waals surface area contributed by atoms with Crippen LogP contribution in [0.15, 0.2) is 0 Å². The topological polar surface area (TPSA) is 93.8 Å². The molecule has 0 aliphatic carbocycles. The van der Waals surface area contributed by atoms with Crippen molar-refractivity contribution in [2.75, 3.05) is 0 Å². The molecule has 0 bridgehead atoms. The first-order valence-corrected chi connectivity index (χ1v) is 5.38. The van der Waals surface area contributed by atoms with Gasteiger partial charge in [-0.15, -0.1) is 0 Å². The molecule has 0 radical (unpaired) electrons. The van der Waals surface area contributed by atoms with Gasteiger partial charge in [0.1, 0.15) is 0 Å². The SMILES string of the molecule is CCCCCCCCCC(=O)[O-].N[NH3+]. The van der Waals surface area contributed by atoms with E-state index in [0.717, 1.165) is 12.8 Å². The average Bonchev–Trinajstić information content (AvgIpc) is 2.19. The van der Waals surface area contributed by atoms with Gasteiger partial charge >= 0.3 is 0 Å². The summed E-state index contributed by atoms with van der Waals surface area (Å²) in [7, 11) is 0. The third-order valence-corrected chi connectivity index (χ3v) is 1.98. The van der Waals surface area contributed by atoms with Crippen LogP contribution in [-0.4, -0.2) is 5.97 Å². The summed E-state index contributed by atoms with van der Waals surface area (Å²) < 4.78 is 0. The number of hydrogen-bond acceptors (Lipinski definition) is 3. The molecule has 0 aromatic heterocycles. The van der Waals surface area contributed by atoms with E-state index in [2.05, 4.69) is 18.6 Å². The number of carbonyl (C=O) groups is 1. The van der Waals surface area contributed by atoms with Gasteiger partial charge in [0.25, 0.3) is 0 Å². The summed E-state index contributed by atoms with van der Waals surface area (Å²) in [5.41, 5.74) is 0. The zero-order chi connectivity index (χ0) is 11.2. The van der Waals surface area contributed by atoms with Gasteiger partial charge in [-0.2, -0.15) is 5.84 Å². The fraction of sp³-hybridized carbons (Fsp3) is 0.900. The van der Waals surface area contributed by atoms with Crippen molar-refractivity contribution < 1.29 is 15.7 Å². The number of quaternary nitrogens is 1. The Hall–Kier alpha value is -0.610. The molecule has 0 spiro atoms. The smallest absolute Gasteiger partial charge is 0.0414 e. The van der Waals surface area contributed by atoms with Crippen LogP contribution in [0.1, 0.15) is 58.3 Å². The largest absolute Gasteiger partial charge is 0.550 e. The van der Waals surface area contributed by atoms with Crippen LogP contribution < -0.4 is 16.8 Å². The summed E-state index contributed by atoms with van der Waals surface area (Å²) in [6.45, 7) is 2.19. The van der Waals surface area contributed by atoms with Crippen LogP contribution in [0.2, 0.25) is 0 Å². The quantitative estimate of drug-likeness (QED) is 0.330. The van der Waals surface area contributed by atoms with Crippen molar-refractivity contribution in [3.63, 3.8) is 0 Å². The van der Waals surface area contributed by atoms with Gasteiger partial charge < -0.3 is 9.90 Å². The van der Waals surface area contributed by atoms with Crippen molar-refractivity contribution in [1.82, 2.24) is 0 Å². The summed E-state index contributed by atoms with van der Waals surface area (Å²) in [5.74, 6) is 6.09. The fourth-order valence-corrected chi connectivity index (χ4v) is 1.23. The second-order valence-corrected chi connectivity index (χ2v) is 3.24. The summed E-state index contributed by atoms with van der Waals surface area (Å²) in [4.78, 5) is 10.0. The molecule has 0 fully saturated rings. The van der Waals surface area contributed by atoms with Gasteiger partial charge in [0, 0.05) is 5.97 Å². The maximum Gasteiger partial charge on any atom is 0.0414 e. The van der Waals surface area contributed by atoms with E-state index in [-0.39, 0.29) is 6.42 Å². The molecule has 0 saturated heterocycles. The van der Waals surface area contributed by atoms with Crippen LogP contribution >= 0.6 is 0 Å². The highest BCUT2D eigenvalue weighted by Crippen LogP contribution is 2.07. The third kappa shape index (κ3) is 17.5. The van der Waals surface area contributed by atoms with Crippen LogP contribution in [0, 0.1) is 0 Å². The Kier molecular flexibility index (Phi) is 16.9. The van der Waals surface area contributed by atoms with Crippen LogP contribution in [0.5, 0.6) is 0 Å². The van der Waals surface area contributed by atoms with E-state index in [1.165, 1.54) is 32.1 Å². The number of carboxylic acid groups (broad SMARTS) is 1. The zero-order valence-corrected chi connectivity index (χ0v) is 9.26. The molecule has 4 nitrogen and oxygen atoms in total. The lowest BCUT2D eigenvalue weighted by atomic mass is 10.1. The highest BCUT2D eigenvalue weighted by Gasteiger charge is 1.90. The van der Waals surface area contributed by atoms with Crippen molar-refractivity contribution >= 4 is 5.97 Å². The molecule has 0 amide bonds. The number of hydrogen-bond donors (Lipinski definition) is 2. The van der Waals surface area contributed by atoms with E-state index in [1.54, 1.807) is 0 Å². The van der Waals surface area contributed by atoms with E-state index >= 15 is 0 Å². The Labute approximate surface area is 86.6 Å². The number of unbranched alkanes of at least 4 members (excludes halogenated alkanes) is 6. The first-order valence-electron chi connectivity index (χ1n) is 5.38. The molecule has 0 unspecified atom stereocenters. The van der Waals surface area contributed by atoms with Crippen LogP contribution in [0.25, 0.3) is 0 Å². The highest BCUT2D eigenvalue weighted by molar-refractivity contribution is 5.63. The molecule has 4 heteroatoms. The van der Waals surface area contributed by atoms with Gasteiger partial charge in [0.2, 0.25) is 0 Å². The van der Waals surface area contributed by atoms with E-state index in [1.807, 2.05) is 0 Å². The molecule has 0 aromatic rings. The molecule has 0 aromatic carbocycles. The number of carbonyl (C=O) groups excluding carboxylic acids is 1.